The molecule has 19 heavy (non-hydrogen) atoms. The van der Waals surface area contributed by atoms with Gasteiger partial charge in [-0.25, -0.2) is 0 Å². The first kappa shape index (κ1) is 13.9. The minimum Gasteiger partial charge on any atom is -0.399 e. The molecule has 104 valence electrons. The zero-order valence-electron chi connectivity index (χ0n) is 12.0. The van der Waals surface area contributed by atoms with Crippen LogP contribution in [0.15, 0.2) is 18.2 Å². The van der Waals surface area contributed by atoms with Crippen LogP contribution in [0.2, 0.25) is 0 Å². The Hall–Kier alpha value is -1.55. The molecular formula is C15H22N2O2. The normalized spacial score (nSPS) is 24.6. The van der Waals surface area contributed by atoms with Crippen LogP contribution in [0.5, 0.6) is 0 Å². The highest BCUT2D eigenvalue weighted by Crippen LogP contribution is 2.42. The van der Waals surface area contributed by atoms with Gasteiger partial charge >= 0.3 is 0 Å². The van der Waals surface area contributed by atoms with Crippen LogP contribution in [0.1, 0.15) is 36.2 Å². The van der Waals surface area contributed by atoms with E-state index in [2.05, 4.69) is 19.2 Å². The highest BCUT2D eigenvalue weighted by molar-refractivity contribution is 5.96. The van der Waals surface area contributed by atoms with Gasteiger partial charge in [-0.15, -0.1) is 0 Å². The smallest absolute Gasteiger partial charge is 0.251 e. The quantitative estimate of drug-likeness (QED) is 0.820. The van der Waals surface area contributed by atoms with Crippen molar-refractivity contribution in [1.29, 1.82) is 0 Å². The van der Waals surface area contributed by atoms with Crippen molar-refractivity contribution in [2.75, 3.05) is 12.8 Å². The summed E-state index contributed by atoms with van der Waals surface area (Å²) in [6.45, 7) is 6.14. The molecule has 1 amide bonds. The molecule has 2 atom stereocenters. The van der Waals surface area contributed by atoms with Crippen molar-refractivity contribution in [3.8, 4) is 0 Å². The number of anilines is 1. The van der Waals surface area contributed by atoms with Gasteiger partial charge < -0.3 is 15.8 Å². The molecular weight excluding hydrogens is 240 g/mol. The number of nitrogens with one attached hydrogen (secondary N) is 1. The van der Waals surface area contributed by atoms with Crippen LogP contribution in [-0.2, 0) is 4.74 Å². The molecule has 1 fully saturated rings. The molecule has 0 aliphatic heterocycles. The van der Waals surface area contributed by atoms with Crippen molar-refractivity contribution in [1.82, 2.24) is 5.32 Å². The number of aryl methyl sites for hydroxylation is 1. The van der Waals surface area contributed by atoms with Gasteiger partial charge in [0.15, 0.2) is 0 Å². The number of nitrogen functional groups attached to an aromatic ring is 1. The van der Waals surface area contributed by atoms with Gasteiger partial charge in [0.05, 0.1) is 6.10 Å². The third-order valence-corrected chi connectivity index (χ3v) is 4.27. The number of amides is 1. The summed E-state index contributed by atoms with van der Waals surface area (Å²) in [5.41, 5.74) is 7.91. The largest absolute Gasteiger partial charge is 0.399 e. The molecule has 0 radical (unpaired) electrons. The Morgan fingerprint density at radius 2 is 2.16 bits per heavy atom. The Kier molecular flexibility index (Phi) is 3.54. The molecule has 0 saturated heterocycles. The Morgan fingerprint density at radius 1 is 1.47 bits per heavy atom. The molecule has 4 nitrogen and oxygen atoms in total. The molecule has 3 N–H and O–H groups in total. The van der Waals surface area contributed by atoms with E-state index in [0.717, 1.165) is 12.0 Å². The Bertz CT molecular complexity index is 497. The first-order valence-corrected chi connectivity index (χ1v) is 6.56. The molecule has 4 heteroatoms. The second-order valence-corrected chi connectivity index (χ2v) is 5.88. The van der Waals surface area contributed by atoms with E-state index < -0.39 is 0 Å². The van der Waals surface area contributed by atoms with Crippen LogP contribution in [0, 0.1) is 12.3 Å². The highest BCUT2D eigenvalue weighted by atomic mass is 16.5. The van der Waals surface area contributed by atoms with Crippen molar-refractivity contribution < 1.29 is 9.53 Å². The van der Waals surface area contributed by atoms with Gasteiger partial charge in [0.2, 0.25) is 0 Å². The zero-order chi connectivity index (χ0) is 14.2. The standard InChI is InChI=1S/C15H22N2O2/c1-9-5-6-10(16)7-11(9)14(18)17-12-8-13(19-4)15(12,2)3/h5-7,12-13H,8,16H2,1-4H3,(H,17,18). The average molecular weight is 262 g/mol. The van der Waals surface area contributed by atoms with Crippen molar-refractivity contribution >= 4 is 11.6 Å². The van der Waals surface area contributed by atoms with E-state index in [0.29, 0.717) is 11.3 Å². The summed E-state index contributed by atoms with van der Waals surface area (Å²) in [5.74, 6) is -0.0579. The third kappa shape index (κ3) is 2.45. The fourth-order valence-electron chi connectivity index (χ4n) is 2.65. The van der Waals surface area contributed by atoms with Crippen molar-refractivity contribution in [3.63, 3.8) is 0 Å². The molecule has 1 aliphatic rings. The van der Waals surface area contributed by atoms with Crippen LogP contribution in [0.4, 0.5) is 5.69 Å². The Labute approximate surface area is 114 Å². The molecule has 0 bridgehead atoms. The average Bonchev–Trinajstić information content (AvgIpc) is 2.36. The van der Waals surface area contributed by atoms with E-state index in [9.17, 15) is 4.79 Å². The molecule has 0 spiro atoms. The van der Waals surface area contributed by atoms with Gasteiger partial charge in [-0.05, 0) is 31.0 Å². The Balaban J connectivity index is 2.09. The lowest BCUT2D eigenvalue weighted by atomic mass is 9.64. The number of rotatable bonds is 3. The number of nitrogens with two attached hydrogens (primary N) is 1. The van der Waals surface area contributed by atoms with Crippen LogP contribution in [-0.4, -0.2) is 25.2 Å². The number of carbonyl (C=O) groups excluding carboxylic acids is 1. The second-order valence-electron chi connectivity index (χ2n) is 5.88. The van der Waals surface area contributed by atoms with Crippen LogP contribution >= 0.6 is 0 Å². The van der Waals surface area contributed by atoms with E-state index >= 15 is 0 Å². The highest BCUT2D eigenvalue weighted by Gasteiger charge is 2.49. The van der Waals surface area contributed by atoms with Gasteiger partial charge in [0, 0.05) is 29.8 Å². The topological polar surface area (TPSA) is 64.3 Å². The minimum absolute atomic E-state index is 0.0291. The number of hydrogen-bond acceptors (Lipinski definition) is 3. The van der Waals surface area contributed by atoms with Crippen LogP contribution in [0.25, 0.3) is 0 Å². The summed E-state index contributed by atoms with van der Waals surface area (Å²) in [4.78, 5) is 12.3. The lowest BCUT2D eigenvalue weighted by molar-refractivity contribution is -0.0942. The molecule has 2 rings (SSSR count). The number of carbonyl (C=O) groups is 1. The second kappa shape index (κ2) is 4.85. The number of methoxy groups -OCH3 is 1. The molecule has 1 aliphatic carbocycles. The Morgan fingerprint density at radius 3 is 2.74 bits per heavy atom. The van der Waals surface area contributed by atoms with E-state index in [1.165, 1.54) is 0 Å². The maximum atomic E-state index is 12.3. The van der Waals surface area contributed by atoms with Gasteiger partial charge in [-0.2, -0.15) is 0 Å². The van der Waals surface area contributed by atoms with Gasteiger partial charge in [-0.3, -0.25) is 4.79 Å². The summed E-state index contributed by atoms with van der Waals surface area (Å²) in [5, 5.41) is 3.08. The van der Waals surface area contributed by atoms with E-state index in [-0.39, 0.29) is 23.5 Å². The molecule has 0 heterocycles. The third-order valence-electron chi connectivity index (χ3n) is 4.27. The summed E-state index contributed by atoms with van der Waals surface area (Å²) < 4.78 is 5.39. The SMILES string of the molecule is COC1CC(NC(=O)c2cc(N)ccc2C)C1(C)C. The number of hydrogen-bond donors (Lipinski definition) is 2. The van der Waals surface area contributed by atoms with Gasteiger partial charge in [0.25, 0.3) is 5.91 Å². The van der Waals surface area contributed by atoms with Crippen LogP contribution in [0.3, 0.4) is 0 Å². The maximum Gasteiger partial charge on any atom is 0.251 e. The van der Waals surface area contributed by atoms with Gasteiger partial charge in [0.1, 0.15) is 0 Å². The monoisotopic (exact) mass is 262 g/mol. The number of benzene rings is 1. The summed E-state index contributed by atoms with van der Waals surface area (Å²) >= 11 is 0. The maximum absolute atomic E-state index is 12.3. The summed E-state index contributed by atoms with van der Waals surface area (Å²) in [7, 11) is 1.71. The fourth-order valence-corrected chi connectivity index (χ4v) is 2.65. The lowest BCUT2D eigenvalue weighted by Crippen LogP contribution is -2.61. The molecule has 2 unspecified atom stereocenters. The molecule has 1 aromatic carbocycles. The molecule has 1 aromatic rings. The first-order valence-electron chi connectivity index (χ1n) is 6.56. The van der Waals surface area contributed by atoms with Crippen molar-refractivity contribution in [3.05, 3.63) is 29.3 Å². The first-order chi connectivity index (χ1) is 8.86. The predicted molar refractivity (Wildman–Crippen MR) is 76.0 cm³/mol. The lowest BCUT2D eigenvalue weighted by Gasteiger charge is -2.51. The van der Waals surface area contributed by atoms with Gasteiger partial charge in [-0.1, -0.05) is 19.9 Å². The van der Waals surface area contributed by atoms with E-state index in [1.54, 1.807) is 19.2 Å². The molecule has 0 aromatic heterocycles. The fraction of sp³-hybridized carbons (Fsp3) is 0.533. The van der Waals surface area contributed by atoms with Crippen LogP contribution < -0.4 is 11.1 Å². The molecule has 1 saturated carbocycles. The predicted octanol–water partition coefficient (Wildman–Crippen LogP) is 2.12. The van der Waals surface area contributed by atoms with E-state index in [4.69, 9.17) is 10.5 Å². The minimum atomic E-state index is -0.0579. The zero-order valence-corrected chi connectivity index (χ0v) is 12.0. The van der Waals surface area contributed by atoms with Crippen molar-refractivity contribution in [2.24, 2.45) is 5.41 Å². The van der Waals surface area contributed by atoms with E-state index in [1.807, 2.05) is 13.0 Å². The summed E-state index contributed by atoms with van der Waals surface area (Å²) in [6.07, 6.45) is 1.07. The summed E-state index contributed by atoms with van der Waals surface area (Å²) in [6, 6.07) is 5.55. The number of ether oxygens (including phenoxy) is 1. The van der Waals surface area contributed by atoms with Crippen molar-refractivity contribution in [2.45, 2.75) is 39.3 Å².